The molecule has 0 amide bonds. The van der Waals surface area contributed by atoms with Crippen LogP contribution < -0.4 is 4.90 Å². The van der Waals surface area contributed by atoms with Crippen LogP contribution in [-0.2, 0) is 12.8 Å². The van der Waals surface area contributed by atoms with Gasteiger partial charge in [0.15, 0.2) is 0 Å². The highest BCUT2D eigenvalue weighted by atomic mass is 32.1. The van der Waals surface area contributed by atoms with Gasteiger partial charge in [-0.25, -0.2) is 9.97 Å². The van der Waals surface area contributed by atoms with Gasteiger partial charge in [0.05, 0.1) is 5.39 Å². The van der Waals surface area contributed by atoms with Gasteiger partial charge in [0.25, 0.3) is 0 Å². The molecule has 0 aromatic carbocycles. The smallest absolute Gasteiger partial charge is 0.141 e. The number of anilines is 1. The van der Waals surface area contributed by atoms with Crippen molar-refractivity contribution < 1.29 is 0 Å². The highest BCUT2D eigenvalue weighted by molar-refractivity contribution is 7.19. The van der Waals surface area contributed by atoms with Crippen molar-refractivity contribution >= 4 is 27.4 Å². The summed E-state index contributed by atoms with van der Waals surface area (Å²) in [6, 6.07) is 0. The van der Waals surface area contributed by atoms with E-state index in [4.69, 9.17) is 6.42 Å². The van der Waals surface area contributed by atoms with Crippen molar-refractivity contribution in [1.82, 2.24) is 14.9 Å². The average Bonchev–Trinajstić information content (AvgIpc) is 2.99. The zero-order chi connectivity index (χ0) is 15.6. The van der Waals surface area contributed by atoms with Crippen molar-refractivity contribution in [1.29, 1.82) is 0 Å². The molecular formula is C18H22N4S. The Morgan fingerprint density at radius 3 is 2.78 bits per heavy atom. The summed E-state index contributed by atoms with van der Waals surface area (Å²) in [4.78, 5) is 16.8. The number of hydrogen-bond acceptors (Lipinski definition) is 5. The Bertz CT molecular complexity index is 737. The Labute approximate surface area is 141 Å². The van der Waals surface area contributed by atoms with Gasteiger partial charge >= 0.3 is 0 Å². The summed E-state index contributed by atoms with van der Waals surface area (Å²) >= 11 is 1.88. The summed E-state index contributed by atoms with van der Waals surface area (Å²) in [5.74, 6) is 3.90. The fourth-order valence-corrected chi connectivity index (χ4v) is 4.94. The Morgan fingerprint density at radius 2 is 1.96 bits per heavy atom. The zero-order valence-electron chi connectivity index (χ0n) is 13.4. The molecule has 5 heteroatoms. The number of thiophene rings is 1. The SMILES string of the molecule is C#CCCN1CCN(c2ncnc3sc4c(c23)CCCC4)CC1. The third kappa shape index (κ3) is 2.82. The molecule has 120 valence electrons. The quantitative estimate of drug-likeness (QED) is 0.812. The summed E-state index contributed by atoms with van der Waals surface area (Å²) in [7, 11) is 0. The van der Waals surface area contributed by atoms with Crippen LogP contribution in [0, 0.1) is 12.3 Å². The lowest BCUT2D eigenvalue weighted by atomic mass is 9.97. The third-order valence-electron chi connectivity index (χ3n) is 4.98. The fraction of sp³-hybridized carbons (Fsp3) is 0.556. The topological polar surface area (TPSA) is 32.3 Å². The maximum atomic E-state index is 5.38. The Hall–Kier alpha value is -1.64. The molecule has 2 aromatic heterocycles. The van der Waals surface area contributed by atoms with Gasteiger partial charge in [-0.2, -0.15) is 0 Å². The molecule has 2 aliphatic rings. The number of terminal acetylenes is 1. The van der Waals surface area contributed by atoms with Crippen LogP contribution >= 0.6 is 11.3 Å². The van der Waals surface area contributed by atoms with Crippen molar-refractivity contribution in [3.8, 4) is 12.3 Å². The number of nitrogens with zero attached hydrogens (tertiary/aromatic N) is 4. The number of aryl methyl sites for hydroxylation is 2. The van der Waals surface area contributed by atoms with Gasteiger partial charge in [0, 0.05) is 44.0 Å². The van der Waals surface area contributed by atoms with Crippen LogP contribution in [0.5, 0.6) is 0 Å². The molecule has 0 N–H and O–H groups in total. The fourth-order valence-electron chi connectivity index (χ4n) is 3.72. The van der Waals surface area contributed by atoms with E-state index in [9.17, 15) is 0 Å². The first kappa shape index (κ1) is 14.9. The summed E-state index contributed by atoms with van der Waals surface area (Å²) in [6.45, 7) is 5.21. The van der Waals surface area contributed by atoms with Gasteiger partial charge < -0.3 is 4.90 Å². The van der Waals surface area contributed by atoms with E-state index in [0.29, 0.717) is 0 Å². The van der Waals surface area contributed by atoms with E-state index >= 15 is 0 Å². The first-order chi connectivity index (χ1) is 11.4. The van der Waals surface area contributed by atoms with Crippen LogP contribution in [-0.4, -0.2) is 47.6 Å². The van der Waals surface area contributed by atoms with Gasteiger partial charge in [-0.15, -0.1) is 23.7 Å². The molecule has 0 spiro atoms. The molecule has 4 nitrogen and oxygen atoms in total. The van der Waals surface area contributed by atoms with Crippen LogP contribution in [0.4, 0.5) is 5.82 Å². The lowest BCUT2D eigenvalue weighted by Crippen LogP contribution is -2.47. The van der Waals surface area contributed by atoms with Gasteiger partial charge in [0.2, 0.25) is 0 Å². The summed E-state index contributed by atoms with van der Waals surface area (Å²) < 4.78 is 0. The normalized spacial score (nSPS) is 18.8. The molecule has 4 rings (SSSR count). The van der Waals surface area contributed by atoms with Gasteiger partial charge in [-0.05, 0) is 31.2 Å². The Balaban J connectivity index is 1.60. The molecule has 1 saturated heterocycles. The minimum absolute atomic E-state index is 0.843. The molecular weight excluding hydrogens is 304 g/mol. The number of rotatable bonds is 3. The van der Waals surface area contributed by atoms with Crippen molar-refractivity contribution in [2.45, 2.75) is 32.1 Å². The van der Waals surface area contributed by atoms with Crippen molar-refractivity contribution in [3.63, 3.8) is 0 Å². The molecule has 2 aromatic rings. The predicted molar refractivity (Wildman–Crippen MR) is 96.2 cm³/mol. The van der Waals surface area contributed by atoms with E-state index < -0.39 is 0 Å². The van der Waals surface area contributed by atoms with E-state index in [1.54, 1.807) is 11.2 Å². The maximum absolute atomic E-state index is 5.38. The monoisotopic (exact) mass is 326 g/mol. The zero-order valence-corrected chi connectivity index (χ0v) is 14.2. The molecule has 0 bridgehead atoms. The minimum Gasteiger partial charge on any atom is -0.353 e. The summed E-state index contributed by atoms with van der Waals surface area (Å²) in [5, 5.41) is 1.34. The molecule has 0 unspecified atom stereocenters. The van der Waals surface area contributed by atoms with E-state index in [1.165, 1.54) is 41.5 Å². The summed E-state index contributed by atoms with van der Waals surface area (Å²) in [5.41, 5.74) is 1.53. The number of piperazine rings is 1. The second kappa shape index (κ2) is 6.46. The lowest BCUT2D eigenvalue weighted by molar-refractivity contribution is 0.263. The standard InChI is InChI=1S/C18H22N4S/c1-2-3-8-21-9-11-22(12-10-21)17-16-14-6-4-5-7-15(14)23-18(16)20-13-19-17/h1,13H,3-12H2. The van der Waals surface area contributed by atoms with Crippen LogP contribution in [0.1, 0.15) is 29.7 Å². The van der Waals surface area contributed by atoms with Crippen LogP contribution in [0.25, 0.3) is 10.2 Å². The van der Waals surface area contributed by atoms with Gasteiger partial charge in [-0.1, -0.05) is 0 Å². The average molecular weight is 326 g/mol. The highest BCUT2D eigenvalue weighted by Gasteiger charge is 2.24. The number of aromatic nitrogens is 2. The van der Waals surface area contributed by atoms with E-state index in [0.717, 1.165) is 45.0 Å². The van der Waals surface area contributed by atoms with Crippen molar-refractivity contribution in [2.75, 3.05) is 37.6 Å². The first-order valence-electron chi connectivity index (χ1n) is 8.53. The highest BCUT2D eigenvalue weighted by Crippen LogP contribution is 2.39. The second-order valence-electron chi connectivity index (χ2n) is 6.37. The number of fused-ring (bicyclic) bond motifs is 3. The predicted octanol–water partition coefficient (Wildman–Crippen LogP) is 2.72. The molecule has 0 atom stereocenters. The molecule has 3 heterocycles. The van der Waals surface area contributed by atoms with Crippen LogP contribution in [0.3, 0.4) is 0 Å². The van der Waals surface area contributed by atoms with Gasteiger partial charge in [-0.3, -0.25) is 4.90 Å². The number of hydrogen-bond donors (Lipinski definition) is 0. The molecule has 23 heavy (non-hydrogen) atoms. The molecule has 0 radical (unpaired) electrons. The Morgan fingerprint density at radius 1 is 1.13 bits per heavy atom. The summed E-state index contributed by atoms with van der Waals surface area (Å²) in [6.07, 6.45) is 13.0. The van der Waals surface area contributed by atoms with Crippen molar-refractivity contribution in [3.05, 3.63) is 16.8 Å². The minimum atomic E-state index is 0.843. The second-order valence-corrected chi connectivity index (χ2v) is 7.45. The molecule has 0 saturated carbocycles. The molecule has 1 aliphatic carbocycles. The molecule has 1 fully saturated rings. The lowest BCUT2D eigenvalue weighted by Gasteiger charge is -2.35. The van der Waals surface area contributed by atoms with E-state index in [-0.39, 0.29) is 0 Å². The van der Waals surface area contributed by atoms with Crippen molar-refractivity contribution in [2.24, 2.45) is 0 Å². The van der Waals surface area contributed by atoms with E-state index in [2.05, 4.69) is 25.7 Å². The molecule has 1 aliphatic heterocycles. The third-order valence-corrected chi connectivity index (χ3v) is 6.18. The van der Waals surface area contributed by atoms with Gasteiger partial charge in [0.1, 0.15) is 17.0 Å². The van der Waals surface area contributed by atoms with Crippen LogP contribution in [0.15, 0.2) is 6.33 Å². The Kier molecular flexibility index (Phi) is 4.19. The largest absolute Gasteiger partial charge is 0.353 e. The first-order valence-corrected chi connectivity index (χ1v) is 9.34. The maximum Gasteiger partial charge on any atom is 0.141 e. The van der Waals surface area contributed by atoms with E-state index in [1.807, 2.05) is 11.3 Å². The van der Waals surface area contributed by atoms with Crippen LogP contribution in [0.2, 0.25) is 0 Å².